The lowest BCUT2D eigenvalue weighted by atomic mass is 10.1. The number of amides is 1. The van der Waals surface area contributed by atoms with E-state index in [1.54, 1.807) is 25.1 Å². The molecular weight excluding hydrogens is 214 g/mol. The first kappa shape index (κ1) is 11.2. The maximum atomic E-state index is 11.6. The molecule has 0 radical (unpaired) electrons. The van der Waals surface area contributed by atoms with Gasteiger partial charge >= 0.3 is 0 Å². The summed E-state index contributed by atoms with van der Waals surface area (Å²) in [4.78, 5) is 11.6. The summed E-state index contributed by atoms with van der Waals surface area (Å²) in [6.07, 6.45) is 0. The minimum absolute atomic E-state index is 0.153. The number of phenols is 1. The molecule has 2 aromatic carbocycles. The molecule has 0 fully saturated rings. The summed E-state index contributed by atoms with van der Waals surface area (Å²) in [5.74, 6) is -0.0964. The second kappa shape index (κ2) is 4.29. The third-order valence-electron chi connectivity index (χ3n) is 2.52. The van der Waals surface area contributed by atoms with Gasteiger partial charge in [-0.2, -0.15) is 0 Å². The number of nitrogens with one attached hydrogen (secondary N) is 1. The van der Waals surface area contributed by atoms with Crippen molar-refractivity contribution in [2.24, 2.45) is 0 Å². The van der Waals surface area contributed by atoms with Crippen LogP contribution in [0.4, 0.5) is 5.69 Å². The highest BCUT2D eigenvalue weighted by atomic mass is 16.3. The molecule has 0 saturated carbocycles. The number of benzene rings is 2. The molecule has 0 aliphatic rings. The van der Waals surface area contributed by atoms with E-state index < -0.39 is 0 Å². The zero-order valence-corrected chi connectivity index (χ0v) is 9.53. The molecule has 3 nitrogen and oxygen atoms in total. The molecule has 2 aromatic rings. The van der Waals surface area contributed by atoms with Crippen molar-refractivity contribution in [3.05, 3.63) is 48.6 Å². The Morgan fingerprint density at radius 1 is 1.24 bits per heavy atom. The van der Waals surface area contributed by atoms with Crippen molar-refractivity contribution < 1.29 is 9.90 Å². The summed E-state index contributed by atoms with van der Waals surface area (Å²) < 4.78 is 0. The fourth-order valence-electron chi connectivity index (χ4n) is 1.65. The molecule has 0 aliphatic carbocycles. The lowest BCUT2D eigenvalue weighted by Crippen LogP contribution is -2.11. The number of rotatable bonds is 2. The van der Waals surface area contributed by atoms with Crippen LogP contribution in [0.15, 0.2) is 48.6 Å². The molecule has 0 atom stereocenters. The molecule has 0 aliphatic heterocycles. The van der Waals surface area contributed by atoms with Crippen LogP contribution >= 0.6 is 0 Å². The fraction of sp³-hybridized carbons (Fsp3) is 0.0714. The highest BCUT2D eigenvalue weighted by Gasteiger charge is 2.08. The first-order chi connectivity index (χ1) is 8.09. The number of fused-ring (bicyclic) bond motifs is 1. The van der Waals surface area contributed by atoms with Crippen LogP contribution < -0.4 is 5.32 Å². The van der Waals surface area contributed by atoms with Gasteiger partial charge in [-0.05, 0) is 24.4 Å². The van der Waals surface area contributed by atoms with Gasteiger partial charge in [0.05, 0.1) is 5.69 Å². The van der Waals surface area contributed by atoms with Crippen molar-refractivity contribution in [3.8, 4) is 5.75 Å². The van der Waals surface area contributed by atoms with Crippen molar-refractivity contribution in [3.63, 3.8) is 0 Å². The van der Waals surface area contributed by atoms with Gasteiger partial charge in [-0.3, -0.25) is 4.79 Å². The van der Waals surface area contributed by atoms with Crippen LogP contribution in [0.3, 0.4) is 0 Å². The number of hydrogen-bond donors (Lipinski definition) is 2. The largest absolute Gasteiger partial charge is 0.507 e. The Labute approximate surface area is 99.4 Å². The van der Waals surface area contributed by atoms with Crippen molar-refractivity contribution >= 4 is 22.4 Å². The summed E-state index contributed by atoms with van der Waals surface area (Å²) in [7, 11) is 0. The van der Waals surface area contributed by atoms with Crippen molar-refractivity contribution in [1.29, 1.82) is 0 Å². The third-order valence-corrected chi connectivity index (χ3v) is 2.52. The molecule has 0 bridgehead atoms. The Balaban J connectivity index is 2.54. The Bertz CT molecular complexity index is 597. The molecule has 86 valence electrons. The Hall–Kier alpha value is -2.29. The third kappa shape index (κ3) is 2.13. The minimum Gasteiger partial charge on any atom is -0.507 e. The van der Waals surface area contributed by atoms with E-state index in [9.17, 15) is 9.90 Å². The van der Waals surface area contributed by atoms with Crippen LogP contribution in [-0.2, 0) is 4.79 Å². The summed E-state index contributed by atoms with van der Waals surface area (Å²) in [5, 5.41) is 14.1. The summed E-state index contributed by atoms with van der Waals surface area (Å²) in [6.45, 7) is 5.22. The normalized spacial score (nSPS) is 10.2. The van der Waals surface area contributed by atoms with E-state index in [1.165, 1.54) is 0 Å². The van der Waals surface area contributed by atoms with Crippen LogP contribution in [0.25, 0.3) is 10.8 Å². The van der Waals surface area contributed by atoms with Crippen LogP contribution in [0, 0.1) is 0 Å². The first-order valence-corrected chi connectivity index (χ1v) is 5.27. The van der Waals surface area contributed by atoms with Crippen LogP contribution in [0.2, 0.25) is 0 Å². The number of aromatic hydroxyl groups is 1. The van der Waals surface area contributed by atoms with E-state index in [4.69, 9.17) is 0 Å². The number of anilines is 1. The monoisotopic (exact) mass is 227 g/mol. The van der Waals surface area contributed by atoms with Crippen molar-refractivity contribution in [2.45, 2.75) is 6.92 Å². The molecule has 2 N–H and O–H groups in total. The lowest BCUT2D eigenvalue weighted by Gasteiger charge is -2.09. The second-order valence-electron chi connectivity index (χ2n) is 3.92. The van der Waals surface area contributed by atoms with Gasteiger partial charge in [0.1, 0.15) is 5.75 Å². The maximum Gasteiger partial charge on any atom is 0.250 e. The van der Waals surface area contributed by atoms with Crippen LogP contribution in [0.5, 0.6) is 5.75 Å². The van der Waals surface area contributed by atoms with Crippen LogP contribution in [0.1, 0.15) is 6.92 Å². The van der Waals surface area contributed by atoms with E-state index in [0.29, 0.717) is 16.6 Å². The fourth-order valence-corrected chi connectivity index (χ4v) is 1.65. The molecule has 0 saturated heterocycles. The summed E-state index contributed by atoms with van der Waals surface area (Å²) >= 11 is 0. The van der Waals surface area contributed by atoms with Gasteiger partial charge in [-0.15, -0.1) is 0 Å². The predicted molar refractivity (Wildman–Crippen MR) is 69.1 cm³/mol. The minimum atomic E-state index is -0.249. The number of carbonyl (C=O) groups excluding carboxylic acids is 1. The van der Waals surface area contributed by atoms with E-state index in [1.807, 2.05) is 18.2 Å². The summed E-state index contributed by atoms with van der Waals surface area (Å²) in [5.41, 5.74) is 1.02. The van der Waals surface area contributed by atoms with Gasteiger partial charge in [0, 0.05) is 11.0 Å². The number of phenolic OH excluding ortho intramolecular Hbond substituents is 1. The van der Waals surface area contributed by atoms with Gasteiger partial charge in [-0.1, -0.05) is 30.8 Å². The van der Waals surface area contributed by atoms with E-state index in [-0.39, 0.29) is 11.7 Å². The van der Waals surface area contributed by atoms with Gasteiger partial charge in [0.2, 0.25) is 0 Å². The zero-order chi connectivity index (χ0) is 12.4. The SMILES string of the molecule is C=C(C)C(=O)Nc1cccc2cccc(O)c12. The molecular formula is C14H13NO2. The average molecular weight is 227 g/mol. The Kier molecular flexibility index (Phi) is 2.83. The first-order valence-electron chi connectivity index (χ1n) is 5.27. The molecule has 2 rings (SSSR count). The molecule has 0 heterocycles. The van der Waals surface area contributed by atoms with Gasteiger partial charge in [0.25, 0.3) is 5.91 Å². The molecule has 0 unspecified atom stereocenters. The highest BCUT2D eigenvalue weighted by molar-refractivity contribution is 6.09. The summed E-state index contributed by atoms with van der Waals surface area (Å²) in [6, 6.07) is 10.7. The number of hydrogen-bond acceptors (Lipinski definition) is 2. The van der Waals surface area contributed by atoms with E-state index in [2.05, 4.69) is 11.9 Å². The van der Waals surface area contributed by atoms with Crippen molar-refractivity contribution in [2.75, 3.05) is 5.32 Å². The Morgan fingerprint density at radius 3 is 2.53 bits per heavy atom. The van der Waals surface area contributed by atoms with E-state index >= 15 is 0 Å². The maximum absolute atomic E-state index is 11.6. The topological polar surface area (TPSA) is 49.3 Å². The Morgan fingerprint density at radius 2 is 1.88 bits per heavy atom. The molecule has 0 spiro atoms. The highest BCUT2D eigenvalue weighted by Crippen LogP contribution is 2.31. The smallest absolute Gasteiger partial charge is 0.250 e. The standard InChI is InChI=1S/C14H13NO2/c1-9(2)14(17)15-11-7-3-5-10-6-4-8-12(16)13(10)11/h3-8,16H,1H2,2H3,(H,15,17). The van der Waals surface area contributed by atoms with E-state index in [0.717, 1.165) is 5.39 Å². The van der Waals surface area contributed by atoms with Crippen molar-refractivity contribution in [1.82, 2.24) is 0 Å². The molecule has 0 aromatic heterocycles. The van der Waals surface area contributed by atoms with Gasteiger partial charge in [-0.25, -0.2) is 0 Å². The molecule has 17 heavy (non-hydrogen) atoms. The number of carbonyl (C=O) groups is 1. The van der Waals surface area contributed by atoms with Gasteiger partial charge < -0.3 is 10.4 Å². The van der Waals surface area contributed by atoms with Gasteiger partial charge in [0.15, 0.2) is 0 Å². The average Bonchev–Trinajstić information content (AvgIpc) is 2.29. The quantitative estimate of drug-likeness (QED) is 0.774. The van der Waals surface area contributed by atoms with Crippen LogP contribution in [-0.4, -0.2) is 11.0 Å². The molecule has 3 heteroatoms. The predicted octanol–water partition coefficient (Wildman–Crippen LogP) is 3.06. The lowest BCUT2D eigenvalue weighted by molar-refractivity contribution is -0.112. The zero-order valence-electron chi connectivity index (χ0n) is 9.53. The molecule has 1 amide bonds. The second-order valence-corrected chi connectivity index (χ2v) is 3.92.